The SMILES string of the molecule is CC(=O)C(=[N+]=[N-])C(=O)c1cc[n+](OS(=O)(=O)c2ccc(C)cc2)cc1. The quantitative estimate of drug-likeness (QED) is 0.186. The van der Waals surface area contributed by atoms with E-state index in [1.807, 2.05) is 6.92 Å². The van der Waals surface area contributed by atoms with Crippen molar-refractivity contribution in [3.63, 3.8) is 0 Å². The molecule has 0 amide bonds. The van der Waals surface area contributed by atoms with Gasteiger partial charge in [-0.25, -0.2) is 0 Å². The summed E-state index contributed by atoms with van der Waals surface area (Å²) >= 11 is 0. The molecular weight excluding hydrogens is 346 g/mol. The number of pyridine rings is 1. The maximum atomic E-state index is 12.2. The highest BCUT2D eigenvalue weighted by atomic mass is 32.2. The van der Waals surface area contributed by atoms with Gasteiger partial charge in [-0.15, -0.1) is 4.28 Å². The molecule has 0 unspecified atom stereocenters. The average molecular weight is 360 g/mol. The van der Waals surface area contributed by atoms with Gasteiger partial charge in [0.25, 0.3) is 5.78 Å². The fraction of sp³-hybridized carbons (Fsp3) is 0.125. The molecule has 0 N–H and O–H groups in total. The lowest BCUT2D eigenvalue weighted by Gasteiger charge is -2.01. The van der Waals surface area contributed by atoms with Gasteiger partial charge in [-0.3, -0.25) is 9.59 Å². The summed E-state index contributed by atoms with van der Waals surface area (Å²) < 4.78 is 30.2. The maximum absolute atomic E-state index is 12.2. The largest absolute Gasteiger partial charge is 0.404 e. The second kappa shape index (κ2) is 7.16. The van der Waals surface area contributed by atoms with E-state index in [4.69, 9.17) is 9.81 Å². The van der Waals surface area contributed by atoms with Crippen LogP contribution in [0.5, 0.6) is 0 Å². The maximum Gasteiger partial charge on any atom is 0.404 e. The molecule has 9 heteroatoms. The van der Waals surface area contributed by atoms with E-state index < -0.39 is 27.4 Å². The van der Waals surface area contributed by atoms with Gasteiger partial charge in [0.2, 0.25) is 18.2 Å². The van der Waals surface area contributed by atoms with Crippen LogP contribution in [0, 0.1) is 6.92 Å². The Hall–Kier alpha value is -3.16. The molecule has 128 valence electrons. The first-order valence-electron chi connectivity index (χ1n) is 7.05. The number of benzene rings is 1. The van der Waals surface area contributed by atoms with Gasteiger partial charge in [-0.1, -0.05) is 17.7 Å². The summed E-state index contributed by atoms with van der Waals surface area (Å²) in [4.78, 5) is 25.9. The molecule has 0 radical (unpaired) electrons. The van der Waals surface area contributed by atoms with Gasteiger partial charge in [-0.05, 0) is 19.1 Å². The highest BCUT2D eigenvalue weighted by Gasteiger charge is 2.28. The van der Waals surface area contributed by atoms with Crippen molar-refractivity contribution in [2.24, 2.45) is 0 Å². The lowest BCUT2D eigenvalue weighted by atomic mass is 10.1. The van der Waals surface area contributed by atoms with Crippen LogP contribution >= 0.6 is 0 Å². The van der Waals surface area contributed by atoms with Crippen molar-refractivity contribution >= 4 is 27.4 Å². The third kappa shape index (κ3) is 4.23. The van der Waals surface area contributed by atoms with Crippen molar-refractivity contribution in [3.05, 3.63) is 65.4 Å². The highest BCUT2D eigenvalue weighted by molar-refractivity contribution is 7.86. The Labute approximate surface area is 144 Å². The number of hydrogen-bond acceptors (Lipinski definition) is 5. The molecule has 1 heterocycles. The summed E-state index contributed by atoms with van der Waals surface area (Å²) in [5, 5.41) is 0. The van der Waals surface area contributed by atoms with Gasteiger partial charge in [0.15, 0.2) is 0 Å². The van der Waals surface area contributed by atoms with Gasteiger partial charge in [0.1, 0.15) is 4.90 Å². The number of aryl methyl sites for hydroxylation is 1. The second-order valence-electron chi connectivity index (χ2n) is 5.12. The average Bonchev–Trinajstić information content (AvgIpc) is 2.55. The number of nitrogens with zero attached hydrogens (tertiary/aromatic N) is 3. The summed E-state index contributed by atoms with van der Waals surface area (Å²) in [6.07, 6.45) is 2.38. The van der Waals surface area contributed by atoms with E-state index in [2.05, 4.69) is 4.79 Å². The van der Waals surface area contributed by atoms with Crippen LogP contribution in [-0.4, -0.2) is 30.5 Å². The van der Waals surface area contributed by atoms with E-state index >= 15 is 0 Å². The second-order valence-corrected chi connectivity index (χ2v) is 6.65. The van der Waals surface area contributed by atoms with Crippen LogP contribution in [0.25, 0.3) is 5.53 Å². The predicted octanol–water partition coefficient (Wildman–Crippen LogP) is 0.543. The third-order valence-electron chi connectivity index (χ3n) is 3.21. The first-order chi connectivity index (χ1) is 11.7. The van der Waals surface area contributed by atoms with Gasteiger partial charge in [0, 0.05) is 29.4 Å². The van der Waals surface area contributed by atoms with Crippen LogP contribution in [-0.2, 0) is 14.9 Å². The molecule has 0 fully saturated rings. The smallest absolute Gasteiger partial charge is 0.360 e. The summed E-state index contributed by atoms with van der Waals surface area (Å²) in [5.41, 5.74) is 9.04. The van der Waals surface area contributed by atoms with Gasteiger partial charge >= 0.3 is 15.8 Å². The monoisotopic (exact) mass is 360 g/mol. The topological polar surface area (TPSA) is 118 Å². The molecule has 2 rings (SSSR count). The Morgan fingerprint density at radius 1 is 1.08 bits per heavy atom. The van der Waals surface area contributed by atoms with Crippen molar-refractivity contribution in [1.82, 2.24) is 0 Å². The zero-order valence-electron chi connectivity index (χ0n) is 13.4. The normalized spacial score (nSPS) is 10.6. The molecule has 25 heavy (non-hydrogen) atoms. The molecular formula is C16H14N3O5S+. The minimum atomic E-state index is -4.04. The standard InChI is InChI=1S/C16H14N3O5S/c1-11-3-5-14(6-4-11)25(22,23)24-19-9-7-13(8-10-19)16(21)15(18-17)12(2)20/h3-10H,1-2H3/q+1. The Kier molecular flexibility index (Phi) is 5.21. The Morgan fingerprint density at radius 2 is 1.64 bits per heavy atom. The lowest BCUT2D eigenvalue weighted by Crippen LogP contribution is -2.45. The summed E-state index contributed by atoms with van der Waals surface area (Å²) in [5.74, 6) is -1.48. The fourth-order valence-corrected chi connectivity index (χ4v) is 2.77. The van der Waals surface area contributed by atoms with Crippen LogP contribution < -0.4 is 9.01 Å². The van der Waals surface area contributed by atoms with Gasteiger partial charge < -0.3 is 5.53 Å². The van der Waals surface area contributed by atoms with Crippen molar-refractivity contribution in [2.45, 2.75) is 18.7 Å². The van der Waals surface area contributed by atoms with E-state index in [0.717, 1.165) is 17.2 Å². The Bertz CT molecular complexity index is 973. The molecule has 0 spiro atoms. The van der Waals surface area contributed by atoms with Crippen molar-refractivity contribution < 1.29 is 31.8 Å². The highest BCUT2D eigenvalue weighted by Crippen LogP contribution is 2.10. The Balaban J connectivity index is 2.23. The molecule has 0 saturated heterocycles. The molecule has 0 atom stereocenters. The predicted molar refractivity (Wildman–Crippen MR) is 85.2 cm³/mol. The van der Waals surface area contributed by atoms with Crippen LogP contribution in [0.1, 0.15) is 22.8 Å². The first-order valence-corrected chi connectivity index (χ1v) is 8.46. The van der Waals surface area contributed by atoms with Gasteiger partial charge in [-0.2, -0.15) is 13.2 Å². The fourth-order valence-electron chi connectivity index (χ4n) is 1.89. The van der Waals surface area contributed by atoms with Crippen molar-refractivity contribution in [2.75, 3.05) is 0 Å². The van der Waals surface area contributed by atoms with Gasteiger partial charge in [0.05, 0.1) is 0 Å². The van der Waals surface area contributed by atoms with E-state index in [1.165, 1.54) is 36.7 Å². The van der Waals surface area contributed by atoms with Crippen LogP contribution in [0.3, 0.4) is 0 Å². The Morgan fingerprint density at radius 3 is 2.12 bits per heavy atom. The molecule has 0 aliphatic heterocycles. The minimum Gasteiger partial charge on any atom is -0.360 e. The number of aromatic nitrogens is 1. The van der Waals surface area contributed by atoms with E-state index in [0.29, 0.717) is 0 Å². The van der Waals surface area contributed by atoms with Crippen LogP contribution in [0.2, 0.25) is 0 Å². The zero-order valence-corrected chi connectivity index (χ0v) is 14.2. The van der Waals surface area contributed by atoms with Crippen LogP contribution in [0.4, 0.5) is 0 Å². The van der Waals surface area contributed by atoms with E-state index in [1.54, 1.807) is 12.1 Å². The van der Waals surface area contributed by atoms with E-state index in [-0.39, 0.29) is 10.5 Å². The molecule has 0 aliphatic carbocycles. The van der Waals surface area contributed by atoms with Crippen LogP contribution in [0.15, 0.2) is 53.7 Å². The number of carbonyl (C=O) groups is 2. The first kappa shape index (κ1) is 18.2. The number of Topliss-reactive ketones (excluding diaryl/α,β-unsaturated/α-hetero) is 2. The third-order valence-corrected chi connectivity index (χ3v) is 4.42. The molecule has 0 aliphatic rings. The molecule has 0 bridgehead atoms. The molecule has 2 aromatic rings. The summed E-state index contributed by atoms with van der Waals surface area (Å²) in [6.45, 7) is 2.92. The van der Waals surface area contributed by atoms with E-state index in [9.17, 15) is 18.0 Å². The summed E-state index contributed by atoms with van der Waals surface area (Å²) in [7, 11) is -4.04. The molecule has 1 aromatic carbocycles. The number of rotatable bonds is 6. The molecule has 8 nitrogen and oxygen atoms in total. The number of hydrogen-bond donors (Lipinski definition) is 0. The zero-order chi connectivity index (χ0) is 18.6. The number of ketones is 2. The molecule has 0 saturated carbocycles. The van der Waals surface area contributed by atoms with Crippen molar-refractivity contribution in [3.8, 4) is 0 Å². The lowest BCUT2D eigenvalue weighted by molar-refractivity contribution is -0.856. The summed E-state index contributed by atoms with van der Waals surface area (Å²) in [6, 6.07) is 8.59. The number of carbonyl (C=O) groups excluding carboxylic acids is 2. The molecule has 1 aromatic heterocycles. The van der Waals surface area contributed by atoms with Crippen molar-refractivity contribution in [1.29, 1.82) is 0 Å². The minimum absolute atomic E-state index is 0.0166.